The van der Waals surface area contributed by atoms with Crippen LogP contribution in [0.25, 0.3) is 0 Å². The largest absolute Gasteiger partial charge is 0.494 e. The van der Waals surface area contributed by atoms with Crippen molar-refractivity contribution < 1.29 is 14.2 Å². The van der Waals surface area contributed by atoms with Crippen molar-refractivity contribution in [3.63, 3.8) is 0 Å². The van der Waals surface area contributed by atoms with Crippen molar-refractivity contribution in [1.29, 1.82) is 0 Å². The smallest absolute Gasteiger partial charge is 0.191 e. The van der Waals surface area contributed by atoms with Crippen molar-refractivity contribution in [2.24, 2.45) is 4.99 Å². The second-order valence-electron chi connectivity index (χ2n) is 6.03. The highest BCUT2D eigenvalue weighted by Crippen LogP contribution is 2.25. The van der Waals surface area contributed by atoms with Gasteiger partial charge in [-0.15, -0.1) is 11.3 Å². The van der Waals surface area contributed by atoms with E-state index < -0.39 is 5.60 Å². The minimum atomic E-state index is -0.984. The molecule has 0 aliphatic carbocycles. The van der Waals surface area contributed by atoms with E-state index in [9.17, 15) is 9.50 Å². The van der Waals surface area contributed by atoms with Crippen LogP contribution in [0.15, 0.2) is 46.8 Å². The Morgan fingerprint density at radius 1 is 1.27 bits per heavy atom. The molecule has 1 heterocycles. The van der Waals surface area contributed by atoms with Gasteiger partial charge in [-0.05, 0) is 56.0 Å². The standard InChI is InChI=1S/C19H26FN3O2S/c1-3-21-18(23-14-19(2,24)17-6-4-13-26-17)22-11-5-12-25-16-9-7-15(20)8-10-16/h4,6-10,13,24H,3,5,11-12,14H2,1-2H3,(H2,21,22,23). The first-order chi connectivity index (χ1) is 12.5. The molecule has 142 valence electrons. The van der Waals surface area contributed by atoms with Crippen LogP contribution < -0.4 is 15.4 Å². The molecule has 2 rings (SSSR count). The number of nitrogens with zero attached hydrogens (tertiary/aromatic N) is 1. The van der Waals surface area contributed by atoms with Gasteiger partial charge >= 0.3 is 0 Å². The minimum Gasteiger partial charge on any atom is -0.494 e. The van der Waals surface area contributed by atoms with E-state index in [2.05, 4.69) is 15.6 Å². The van der Waals surface area contributed by atoms with Crippen molar-refractivity contribution >= 4 is 17.3 Å². The molecular formula is C19H26FN3O2S. The van der Waals surface area contributed by atoms with Gasteiger partial charge in [-0.3, -0.25) is 0 Å². The Balaban J connectivity index is 1.75. The van der Waals surface area contributed by atoms with Crippen molar-refractivity contribution in [2.75, 3.05) is 26.2 Å². The van der Waals surface area contributed by atoms with Gasteiger partial charge < -0.3 is 20.5 Å². The number of guanidine groups is 1. The maximum Gasteiger partial charge on any atom is 0.191 e. The fourth-order valence-corrected chi connectivity index (χ4v) is 3.02. The number of aliphatic hydroxyl groups is 1. The summed E-state index contributed by atoms with van der Waals surface area (Å²) in [5.41, 5.74) is -0.984. The summed E-state index contributed by atoms with van der Waals surface area (Å²) in [4.78, 5) is 5.37. The number of benzene rings is 1. The Hall–Kier alpha value is -2.12. The number of thiophene rings is 1. The van der Waals surface area contributed by atoms with Gasteiger partial charge in [-0.1, -0.05) is 6.07 Å². The van der Waals surface area contributed by atoms with E-state index in [1.807, 2.05) is 24.4 Å². The molecule has 0 saturated heterocycles. The van der Waals surface area contributed by atoms with Crippen LogP contribution in [-0.2, 0) is 5.60 Å². The molecule has 0 aliphatic rings. The average molecular weight is 380 g/mol. The SMILES string of the molecule is CCNC(=NCC(C)(O)c1cccs1)NCCCOc1ccc(F)cc1. The summed E-state index contributed by atoms with van der Waals surface area (Å²) in [6.45, 7) is 5.96. The molecule has 7 heteroatoms. The first-order valence-corrected chi connectivity index (χ1v) is 9.56. The maximum absolute atomic E-state index is 12.8. The Labute approximate surface area is 157 Å². The highest BCUT2D eigenvalue weighted by molar-refractivity contribution is 7.10. The Morgan fingerprint density at radius 2 is 2.04 bits per heavy atom. The maximum atomic E-state index is 12.8. The summed E-state index contributed by atoms with van der Waals surface area (Å²) in [6.07, 6.45) is 0.767. The summed E-state index contributed by atoms with van der Waals surface area (Å²) in [6, 6.07) is 9.81. The van der Waals surface area contributed by atoms with E-state index in [1.54, 1.807) is 19.1 Å². The molecule has 1 aromatic heterocycles. The molecule has 0 spiro atoms. The number of aliphatic imine (C=N–C) groups is 1. The number of rotatable bonds is 9. The predicted octanol–water partition coefficient (Wildman–Crippen LogP) is 3.12. The second kappa shape index (κ2) is 10.1. The number of hydrogen-bond acceptors (Lipinski definition) is 4. The molecular weight excluding hydrogens is 353 g/mol. The minimum absolute atomic E-state index is 0.273. The number of ether oxygens (including phenoxy) is 1. The summed E-state index contributed by atoms with van der Waals surface area (Å²) in [7, 11) is 0. The molecule has 3 N–H and O–H groups in total. The third-order valence-corrected chi connectivity index (χ3v) is 4.76. The summed E-state index contributed by atoms with van der Waals surface area (Å²) in [5.74, 6) is 1.04. The van der Waals surface area contributed by atoms with Crippen LogP contribution in [0.1, 0.15) is 25.1 Å². The quantitative estimate of drug-likeness (QED) is 0.356. The zero-order valence-electron chi connectivity index (χ0n) is 15.2. The number of nitrogens with one attached hydrogen (secondary N) is 2. The fraction of sp³-hybridized carbons (Fsp3) is 0.421. The molecule has 26 heavy (non-hydrogen) atoms. The van der Waals surface area contributed by atoms with Gasteiger partial charge in [0.1, 0.15) is 17.2 Å². The molecule has 0 fully saturated rings. The molecule has 1 unspecified atom stereocenters. The van der Waals surface area contributed by atoms with Crippen LogP contribution in [0.4, 0.5) is 4.39 Å². The lowest BCUT2D eigenvalue weighted by atomic mass is 10.1. The van der Waals surface area contributed by atoms with E-state index in [4.69, 9.17) is 4.74 Å². The van der Waals surface area contributed by atoms with Crippen LogP contribution in [0.5, 0.6) is 5.75 Å². The molecule has 0 radical (unpaired) electrons. The Morgan fingerprint density at radius 3 is 2.69 bits per heavy atom. The summed E-state index contributed by atoms with van der Waals surface area (Å²) in [5, 5.41) is 18.9. The van der Waals surface area contributed by atoms with Crippen molar-refractivity contribution in [3.05, 3.63) is 52.5 Å². The fourth-order valence-electron chi connectivity index (χ4n) is 2.24. The Kier molecular flexibility index (Phi) is 7.87. The van der Waals surface area contributed by atoms with Gasteiger partial charge in [-0.25, -0.2) is 9.38 Å². The van der Waals surface area contributed by atoms with Crippen LogP contribution in [-0.4, -0.2) is 37.3 Å². The predicted molar refractivity (Wildman–Crippen MR) is 104 cm³/mol. The monoisotopic (exact) mass is 379 g/mol. The molecule has 0 aliphatic heterocycles. The van der Waals surface area contributed by atoms with Crippen LogP contribution >= 0.6 is 11.3 Å². The summed E-state index contributed by atoms with van der Waals surface area (Å²) < 4.78 is 18.4. The van der Waals surface area contributed by atoms with Gasteiger partial charge in [0.05, 0.1) is 13.2 Å². The highest BCUT2D eigenvalue weighted by Gasteiger charge is 2.23. The van der Waals surface area contributed by atoms with Gasteiger partial charge in [0.25, 0.3) is 0 Å². The van der Waals surface area contributed by atoms with Gasteiger partial charge in [-0.2, -0.15) is 0 Å². The van der Waals surface area contributed by atoms with Gasteiger partial charge in [0.2, 0.25) is 0 Å². The molecule has 0 bridgehead atoms. The number of hydrogen-bond donors (Lipinski definition) is 3. The molecule has 0 saturated carbocycles. The topological polar surface area (TPSA) is 65.9 Å². The normalized spacial score (nSPS) is 13.9. The van der Waals surface area contributed by atoms with Crippen LogP contribution in [0.3, 0.4) is 0 Å². The molecule has 2 aromatic rings. The lowest BCUT2D eigenvalue weighted by molar-refractivity contribution is 0.0711. The van der Waals surface area contributed by atoms with E-state index in [-0.39, 0.29) is 12.4 Å². The lowest BCUT2D eigenvalue weighted by Crippen LogP contribution is -2.39. The molecule has 1 atom stereocenters. The van der Waals surface area contributed by atoms with Crippen molar-refractivity contribution in [1.82, 2.24) is 10.6 Å². The van der Waals surface area contributed by atoms with E-state index >= 15 is 0 Å². The third-order valence-electron chi connectivity index (χ3n) is 3.64. The van der Waals surface area contributed by atoms with E-state index in [0.717, 1.165) is 17.8 Å². The van der Waals surface area contributed by atoms with Crippen molar-refractivity contribution in [2.45, 2.75) is 25.9 Å². The van der Waals surface area contributed by atoms with Gasteiger partial charge in [0, 0.05) is 18.0 Å². The van der Waals surface area contributed by atoms with E-state index in [0.29, 0.717) is 24.9 Å². The van der Waals surface area contributed by atoms with Crippen LogP contribution in [0.2, 0.25) is 0 Å². The zero-order valence-corrected chi connectivity index (χ0v) is 16.0. The highest BCUT2D eigenvalue weighted by atomic mass is 32.1. The zero-order chi connectivity index (χ0) is 18.8. The lowest BCUT2D eigenvalue weighted by Gasteiger charge is -2.20. The van der Waals surface area contributed by atoms with Crippen LogP contribution in [0, 0.1) is 5.82 Å². The summed E-state index contributed by atoms with van der Waals surface area (Å²) >= 11 is 1.52. The Bertz CT molecular complexity index is 673. The first-order valence-electron chi connectivity index (χ1n) is 8.68. The van der Waals surface area contributed by atoms with Gasteiger partial charge in [0.15, 0.2) is 5.96 Å². The molecule has 0 amide bonds. The molecule has 1 aromatic carbocycles. The van der Waals surface area contributed by atoms with Crippen molar-refractivity contribution in [3.8, 4) is 5.75 Å². The second-order valence-corrected chi connectivity index (χ2v) is 6.98. The van der Waals surface area contributed by atoms with E-state index in [1.165, 1.54) is 23.5 Å². The third kappa shape index (κ3) is 6.65. The molecule has 5 nitrogen and oxygen atoms in total. The number of halogens is 1. The first kappa shape index (κ1) is 20.2. The average Bonchev–Trinajstić information content (AvgIpc) is 3.16.